The first-order chi connectivity index (χ1) is 15.7. The van der Waals surface area contributed by atoms with Gasteiger partial charge in [0.05, 0.1) is 25.4 Å². The van der Waals surface area contributed by atoms with E-state index in [2.05, 4.69) is 10.1 Å². The van der Waals surface area contributed by atoms with E-state index in [1.54, 1.807) is 23.1 Å². The van der Waals surface area contributed by atoms with E-state index in [9.17, 15) is 4.79 Å². The van der Waals surface area contributed by atoms with Gasteiger partial charge in [-0.25, -0.2) is 9.67 Å². The maximum atomic E-state index is 12.6. The summed E-state index contributed by atoms with van der Waals surface area (Å²) in [6.45, 7) is 2.49. The smallest absolute Gasteiger partial charge is 0.222 e. The van der Waals surface area contributed by atoms with Gasteiger partial charge in [0.2, 0.25) is 5.91 Å². The lowest BCUT2D eigenvalue weighted by molar-refractivity contribution is -0.140. The van der Waals surface area contributed by atoms with Crippen LogP contribution in [0.2, 0.25) is 5.02 Å². The van der Waals surface area contributed by atoms with E-state index in [1.807, 2.05) is 41.3 Å². The maximum absolute atomic E-state index is 12.6. The predicted octanol–water partition coefficient (Wildman–Crippen LogP) is 3.39. The zero-order valence-corrected chi connectivity index (χ0v) is 18.4. The Labute approximate surface area is 191 Å². The minimum Gasteiger partial charge on any atom is -0.494 e. The highest BCUT2D eigenvalue weighted by molar-refractivity contribution is 6.30. The molecule has 1 unspecified atom stereocenters. The molecule has 9 heteroatoms. The van der Waals surface area contributed by atoms with Gasteiger partial charge in [-0.1, -0.05) is 11.6 Å². The number of benzene rings is 2. The zero-order chi connectivity index (χ0) is 22.2. The molecule has 0 aliphatic carbocycles. The number of aromatic nitrogens is 3. The predicted molar refractivity (Wildman–Crippen MR) is 119 cm³/mol. The first kappa shape index (κ1) is 22.1. The number of carbonyl (C=O) groups excluding carboxylic acids is 1. The van der Waals surface area contributed by atoms with Crippen LogP contribution in [0.15, 0.2) is 61.2 Å². The lowest BCUT2D eigenvalue weighted by Crippen LogP contribution is -2.47. The molecule has 1 atom stereocenters. The standard InChI is InChI=1S/C23H25ClN4O4/c24-18-3-7-20(8-4-18)30-12-1-2-23(29)27-11-13-31-22(14-27)15-32-21-9-5-19(6-10-21)28-17-25-16-26-28/h3-10,16-17,22H,1-2,11-15H2. The first-order valence-corrected chi connectivity index (χ1v) is 10.9. The van der Waals surface area contributed by atoms with Crippen LogP contribution >= 0.6 is 11.6 Å². The number of carbonyl (C=O) groups is 1. The van der Waals surface area contributed by atoms with Gasteiger partial charge in [-0.2, -0.15) is 5.10 Å². The SMILES string of the molecule is O=C(CCCOc1ccc(Cl)cc1)N1CCOC(COc2ccc(-n3cncn3)cc2)C1. The van der Waals surface area contributed by atoms with E-state index in [4.69, 9.17) is 25.8 Å². The molecule has 1 saturated heterocycles. The molecule has 3 aromatic rings. The monoisotopic (exact) mass is 456 g/mol. The van der Waals surface area contributed by atoms with Crippen molar-refractivity contribution in [2.24, 2.45) is 0 Å². The number of morpholine rings is 1. The molecule has 0 saturated carbocycles. The summed E-state index contributed by atoms with van der Waals surface area (Å²) in [6.07, 6.45) is 4.06. The quantitative estimate of drug-likeness (QED) is 0.459. The lowest BCUT2D eigenvalue weighted by Gasteiger charge is -2.33. The maximum Gasteiger partial charge on any atom is 0.222 e. The Bertz CT molecular complexity index is 980. The molecule has 0 spiro atoms. The summed E-state index contributed by atoms with van der Waals surface area (Å²) < 4.78 is 19.0. The molecule has 0 N–H and O–H groups in total. The fourth-order valence-electron chi connectivity index (χ4n) is 3.37. The topological polar surface area (TPSA) is 78.7 Å². The second-order valence-electron chi connectivity index (χ2n) is 7.38. The van der Waals surface area contributed by atoms with Gasteiger partial charge >= 0.3 is 0 Å². The second-order valence-corrected chi connectivity index (χ2v) is 7.82. The molecule has 168 valence electrons. The number of hydrogen-bond acceptors (Lipinski definition) is 6. The molecule has 1 amide bonds. The van der Waals surface area contributed by atoms with Crippen LogP contribution in [0.25, 0.3) is 5.69 Å². The van der Waals surface area contributed by atoms with E-state index in [0.29, 0.717) is 50.8 Å². The van der Waals surface area contributed by atoms with Crippen molar-refractivity contribution in [3.05, 3.63) is 66.2 Å². The van der Waals surface area contributed by atoms with Gasteiger partial charge in [0.25, 0.3) is 0 Å². The van der Waals surface area contributed by atoms with Gasteiger partial charge in [-0.05, 0) is 55.0 Å². The summed E-state index contributed by atoms with van der Waals surface area (Å²) in [5.74, 6) is 1.59. The summed E-state index contributed by atoms with van der Waals surface area (Å²) in [5.41, 5.74) is 0.903. The lowest BCUT2D eigenvalue weighted by atomic mass is 10.2. The van der Waals surface area contributed by atoms with Crippen molar-refractivity contribution < 1.29 is 19.0 Å². The molecule has 4 rings (SSSR count). The van der Waals surface area contributed by atoms with Crippen LogP contribution in [0, 0.1) is 0 Å². The van der Waals surface area contributed by atoms with Crippen molar-refractivity contribution in [1.82, 2.24) is 19.7 Å². The number of hydrogen-bond donors (Lipinski definition) is 0. The van der Waals surface area contributed by atoms with E-state index in [-0.39, 0.29) is 12.0 Å². The minimum atomic E-state index is -0.159. The third kappa shape index (κ3) is 6.21. The van der Waals surface area contributed by atoms with Gasteiger partial charge in [-0.3, -0.25) is 4.79 Å². The molecular weight excluding hydrogens is 432 g/mol. The summed E-state index contributed by atoms with van der Waals surface area (Å²) >= 11 is 5.86. The van der Waals surface area contributed by atoms with E-state index in [1.165, 1.54) is 6.33 Å². The van der Waals surface area contributed by atoms with Crippen molar-refractivity contribution in [2.75, 3.05) is 32.9 Å². The van der Waals surface area contributed by atoms with Crippen LogP contribution in [-0.2, 0) is 9.53 Å². The number of halogens is 1. The summed E-state index contributed by atoms with van der Waals surface area (Å²) in [4.78, 5) is 18.3. The van der Waals surface area contributed by atoms with E-state index < -0.39 is 0 Å². The average molecular weight is 457 g/mol. The molecule has 32 heavy (non-hydrogen) atoms. The molecule has 1 aromatic heterocycles. The van der Waals surface area contributed by atoms with E-state index in [0.717, 1.165) is 17.2 Å². The highest BCUT2D eigenvalue weighted by Crippen LogP contribution is 2.17. The van der Waals surface area contributed by atoms with Crippen LogP contribution in [-0.4, -0.2) is 64.6 Å². The van der Waals surface area contributed by atoms with Gasteiger partial charge in [0, 0.05) is 18.0 Å². The highest BCUT2D eigenvalue weighted by atomic mass is 35.5. The second kappa shape index (κ2) is 11.0. The van der Waals surface area contributed by atoms with Crippen LogP contribution in [0.3, 0.4) is 0 Å². The van der Waals surface area contributed by atoms with Crippen molar-refractivity contribution >= 4 is 17.5 Å². The van der Waals surface area contributed by atoms with Crippen molar-refractivity contribution in [3.63, 3.8) is 0 Å². The van der Waals surface area contributed by atoms with Crippen molar-refractivity contribution in [3.8, 4) is 17.2 Å². The number of ether oxygens (including phenoxy) is 3. The zero-order valence-electron chi connectivity index (χ0n) is 17.6. The first-order valence-electron chi connectivity index (χ1n) is 10.5. The Morgan fingerprint density at radius 2 is 1.84 bits per heavy atom. The molecule has 0 bridgehead atoms. The summed E-state index contributed by atoms with van der Waals surface area (Å²) in [7, 11) is 0. The molecule has 8 nitrogen and oxygen atoms in total. The Hall–Kier alpha value is -3.10. The van der Waals surface area contributed by atoms with Gasteiger partial charge < -0.3 is 19.1 Å². The largest absolute Gasteiger partial charge is 0.494 e. The summed E-state index contributed by atoms with van der Waals surface area (Å²) in [6, 6.07) is 14.8. The molecule has 1 fully saturated rings. The Morgan fingerprint density at radius 1 is 1.09 bits per heavy atom. The fraction of sp³-hybridized carbons (Fsp3) is 0.348. The normalized spacial score (nSPS) is 16.0. The molecule has 2 heterocycles. The summed E-state index contributed by atoms with van der Waals surface area (Å²) in [5, 5.41) is 4.77. The van der Waals surface area contributed by atoms with Gasteiger partial charge in [0.1, 0.15) is 36.9 Å². The average Bonchev–Trinajstić information content (AvgIpc) is 3.37. The highest BCUT2D eigenvalue weighted by Gasteiger charge is 2.24. The van der Waals surface area contributed by atoms with E-state index >= 15 is 0 Å². The molecule has 2 aromatic carbocycles. The molecule has 1 aliphatic rings. The van der Waals surface area contributed by atoms with Crippen molar-refractivity contribution in [1.29, 1.82) is 0 Å². The molecule has 0 radical (unpaired) electrons. The Balaban J connectivity index is 1.17. The van der Waals surface area contributed by atoms with Crippen LogP contribution in [0.1, 0.15) is 12.8 Å². The molecular formula is C23H25ClN4O4. The van der Waals surface area contributed by atoms with Crippen LogP contribution in [0.5, 0.6) is 11.5 Å². The van der Waals surface area contributed by atoms with Crippen LogP contribution < -0.4 is 9.47 Å². The third-order valence-electron chi connectivity index (χ3n) is 5.06. The minimum absolute atomic E-state index is 0.107. The third-order valence-corrected chi connectivity index (χ3v) is 5.32. The number of amides is 1. The van der Waals surface area contributed by atoms with Crippen LogP contribution in [0.4, 0.5) is 0 Å². The van der Waals surface area contributed by atoms with Gasteiger partial charge in [-0.15, -0.1) is 0 Å². The fourth-order valence-corrected chi connectivity index (χ4v) is 3.50. The van der Waals surface area contributed by atoms with Crippen molar-refractivity contribution in [2.45, 2.75) is 18.9 Å². The van der Waals surface area contributed by atoms with Gasteiger partial charge in [0.15, 0.2) is 0 Å². The molecule has 1 aliphatic heterocycles. The number of nitrogens with zero attached hydrogens (tertiary/aromatic N) is 4. The Morgan fingerprint density at radius 3 is 2.59 bits per heavy atom. The number of rotatable bonds is 9. The Kier molecular flexibility index (Phi) is 7.58.